The van der Waals surface area contributed by atoms with Crippen LogP contribution in [0.1, 0.15) is 41.6 Å². The van der Waals surface area contributed by atoms with Crippen molar-refractivity contribution in [3.05, 3.63) is 119 Å². The first-order valence-electron chi connectivity index (χ1n) is 11.7. The molecule has 3 aromatic carbocycles. The zero-order chi connectivity index (χ0) is 22.8. The Hall–Kier alpha value is -3.46. The largest absolute Gasteiger partial charge is 0.330 e. The van der Waals surface area contributed by atoms with E-state index in [9.17, 15) is 4.79 Å². The molecular weight excluding hydrogens is 409 g/mol. The second-order valence-electron chi connectivity index (χ2n) is 9.17. The van der Waals surface area contributed by atoms with E-state index in [1.54, 1.807) is 6.07 Å². The summed E-state index contributed by atoms with van der Waals surface area (Å²) in [5.74, 6) is 0.0318. The van der Waals surface area contributed by atoms with Crippen molar-refractivity contribution in [3.8, 4) is 0 Å². The highest BCUT2D eigenvalue weighted by atomic mass is 19.1. The summed E-state index contributed by atoms with van der Waals surface area (Å²) in [6.07, 6.45) is 9.10. The maximum absolute atomic E-state index is 15.5. The first-order valence-corrected chi connectivity index (χ1v) is 11.7. The summed E-state index contributed by atoms with van der Waals surface area (Å²) in [7, 11) is 0. The molecule has 1 fully saturated rings. The van der Waals surface area contributed by atoms with Crippen LogP contribution >= 0.6 is 0 Å². The highest BCUT2D eigenvalue weighted by Crippen LogP contribution is 2.49. The average Bonchev–Trinajstić information content (AvgIpc) is 3.11. The van der Waals surface area contributed by atoms with Crippen molar-refractivity contribution >= 4 is 18.1 Å². The van der Waals surface area contributed by atoms with Crippen molar-refractivity contribution < 1.29 is 9.18 Å². The van der Waals surface area contributed by atoms with Crippen LogP contribution in [0.4, 0.5) is 4.39 Å². The molecule has 33 heavy (non-hydrogen) atoms. The number of benzene rings is 3. The first kappa shape index (κ1) is 21.4. The summed E-state index contributed by atoms with van der Waals surface area (Å²) in [5.41, 5.74) is 3.54. The third-order valence-electron chi connectivity index (χ3n) is 6.97. The van der Waals surface area contributed by atoms with E-state index < -0.39 is 0 Å². The molecule has 1 aliphatic heterocycles. The highest BCUT2D eigenvalue weighted by molar-refractivity contribution is 5.83. The van der Waals surface area contributed by atoms with Crippen molar-refractivity contribution in [2.75, 3.05) is 0 Å². The number of amides is 1. The molecule has 2 aliphatic rings. The van der Waals surface area contributed by atoms with Gasteiger partial charge in [0, 0.05) is 23.9 Å². The van der Waals surface area contributed by atoms with Gasteiger partial charge in [-0.3, -0.25) is 4.79 Å². The molecule has 0 spiro atoms. The van der Waals surface area contributed by atoms with E-state index in [1.165, 1.54) is 0 Å². The lowest BCUT2D eigenvalue weighted by Gasteiger charge is -2.30. The number of allylic oxidation sites excluding steroid dienone is 1. The number of halogens is 1. The molecule has 0 saturated carbocycles. The van der Waals surface area contributed by atoms with Crippen LogP contribution in [-0.2, 0) is 11.3 Å². The minimum absolute atomic E-state index is 0.00910. The number of fused-ring (bicyclic) bond motifs is 1. The van der Waals surface area contributed by atoms with Crippen LogP contribution in [0, 0.1) is 23.6 Å². The fourth-order valence-corrected chi connectivity index (χ4v) is 5.32. The van der Waals surface area contributed by atoms with Crippen LogP contribution in [-0.4, -0.2) is 10.8 Å². The summed E-state index contributed by atoms with van der Waals surface area (Å²) in [6, 6.07) is 25.1. The Bertz CT molecular complexity index is 1180. The molecule has 3 aromatic rings. The summed E-state index contributed by atoms with van der Waals surface area (Å²) >= 11 is 0. The van der Waals surface area contributed by atoms with Gasteiger partial charge in [-0.25, -0.2) is 4.39 Å². The van der Waals surface area contributed by atoms with Gasteiger partial charge in [-0.05, 0) is 35.1 Å². The molecule has 166 valence electrons. The summed E-state index contributed by atoms with van der Waals surface area (Å²) < 4.78 is 15.5. The van der Waals surface area contributed by atoms with Crippen LogP contribution in [0.3, 0.4) is 0 Å². The van der Waals surface area contributed by atoms with Gasteiger partial charge in [-0.2, -0.15) is 0 Å². The zero-order valence-electron chi connectivity index (χ0n) is 18.8. The van der Waals surface area contributed by atoms with Crippen LogP contribution in [0.15, 0.2) is 91.0 Å². The molecular formula is C30H28FNO. The Kier molecular flexibility index (Phi) is 5.95. The normalized spacial score (nSPS) is 24.4. The monoisotopic (exact) mass is 437 g/mol. The number of carbonyl (C=O) groups is 1. The fourth-order valence-electron chi connectivity index (χ4n) is 5.32. The second kappa shape index (κ2) is 9.19. The number of hydrogen-bond acceptors (Lipinski definition) is 1. The van der Waals surface area contributed by atoms with Crippen molar-refractivity contribution in [2.24, 2.45) is 17.8 Å². The molecule has 4 atom stereocenters. The SMILES string of the molecule is CC1CC=CC2C1C(=O)N(Cc1ccccc1)C2c1ccc(C=Cc2ccccc2)cc1F. The molecule has 1 amide bonds. The molecule has 1 heterocycles. The van der Waals surface area contributed by atoms with Gasteiger partial charge < -0.3 is 4.90 Å². The molecule has 2 nitrogen and oxygen atoms in total. The van der Waals surface area contributed by atoms with Gasteiger partial charge in [-0.1, -0.05) is 104 Å². The van der Waals surface area contributed by atoms with Crippen LogP contribution in [0.5, 0.6) is 0 Å². The van der Waals surface area contributed by atoms with Gasteiger partial charge in [-0.15, -0.1) is 0 Å². The van der Waals surface area contributed by atoms with Crippen molar-refractivity contribution in [1.82, 2.24) is 4.90 Å². The topological polar surface area (TPSA) is 20.3 Å². The van der Waals surface area contributed by atoms with Gasteiger partial charge in [0.1, 0.15) is 5.82 Å². The number of carbonyl (C=O) groups excluding carboxylic acids is 1. The smallest absolute Gasteiger partial charge is 0.227 e. The van der Waals surface area contributed by atoms with Crippen molar-refractivity contribution in [3.63, 3.8) is 0 Å². The van der Waals surface area contributed by atoms with Crippen molar-refractivity contribution in [1.29, 1.82) is 0 Å². The molecule has 5 rings (SSSR count). The number of hydrogen-bond donors (Lipinski definition) is 0. The van der Waals surface area contributed by atoms with Crippen molar-refractivity contribution in [2.45, 2.75) is 25.9 Å². The lowest BCUT2D eigenvalue weighted by atomic mass is 9.75. The summed E-state index contributed by atoms with van der Waals surface area (Å²) in [6.45, 7) is 2.63. The fraction of sp³-hybridized carbons (Fsp3) is 0.233. The first-order chi connectivity index (χ1) is 16.1. The quantitative estimate of drug-likeness (QED) is 0.314. The molecule has 0 aromatic heterocycles. The number of likely N-dealkylation sites (tertiary alicyclic amines) is 1. The summed E-state index contributed by atoms with van der Waals surface area (Å²) in [4.78, 5) is 15.4. The Labute approximate surface area is 195 Å². The third kappa shape index (κ3) is 4.28. The lowest BCUT2D eigenvalue weighted by molar-refractivity contribution is -0.134. The predicted octanol–water partition coefficient (Wildman–Crippen LogP) is 6.91. The van der Waals surface area contributed by atoms with Gasteiger partial charge in [0.25, 0.3) is 0 Å². The Morgan fingerprint density at radius 3 is 2.36 bits per heavy atom. The molecule has 0 N–H and O–H groups in total. The molecule has 3 heteroatoms. The molecule has 1 saturated heterocycles. The maximum atomic E-state index is 15.5. The molecule has 1 aliphatic carbocycles. The Morgan fingerprint density at radius 1 is 0.939 bits per heavy atom. The van der Waals surface area contributed by atoms with Gasteiger partial charge in [0.15, 0.2) is 0 Å². The highest BCUT2D eigenvalue weighted by Gasteiger charge is 2.50. The Balaban J connectivity index is 1.49. The minimum atomic E-state index is -0.297. The third-order valence-corrected chi connectivity index (χ3v) is 6.97. The van der Waals surface area contributed by atoms with Gasteiger partial charge >= 0.3 is 0 Å². The van der Waals surface area contributed by atoms with E-state index in [2.05, 4.69) is 19.1 Å². The zero-order valence-corrected chi connectivity index (χ0v) is 18.8. The van der Waals surface area contributed by atoms with E-state index in [0.717, 1.165) is 23.1 Å². The molecule has 4 unspecified atom stereocenters. The van der Waals surface area contributed by atoms with E-state index in [4.69, 9.17) is 0 Å². The standard InChI is InChI=1S/C30H28FNO/c1-21-9-8-14-26-28(21)30(33)32(20-24-12-6-3-7-13-24)29(26)25-18-17-23(19-27(25)31)16-15-22-10-4-2-5-11-22/h2-8,10-19,21,26,28-29H,9,20H2,1H3. The lowest BCUT2D eigenvalue weighted by Crippen LogP contribution is -2.31. The Morgan fingerprint density at radius 2 is 1.64 bits per heavy atom. The number of nitrogens with zero attached hydrogens (tertiary/aromatic N) is 1. The van der Waals surface area contributed by atoms with Crippen LogP contribution in [0.25, 0.3) is 12.2 Å². The number of rotatable bonds is 5. The van der Waals surface area contributed by atoms with Gasteiger partial charge in [0.2, 0.25) is 5.91 Å². The average molecular weight is 438 g/mol. The second-order valence-corrected chi connectivity index (χ2v) is 9.17. The van der Waals surface area contributed by atoms with E-state index in [-0.39, 0.29) is 35.5 Å². The maximum Gasteiger partial charge on any atom is 0.227 e. The van der Waals surface area contributed by atoms with E-state index in [0.29, 0.717) is 12.1 Å². The van der Waals surface area contributed by atoms with Crippen LogP contribution < -0.4 is 0 Å². The summed E-state index contributed by atoms with van der Waals surface area (Å²) in [5, 5.41) is 0. The van der Waals surface area contributed by atoms with E-state index >= 15 is 4.39 Å². The molecule has 0 radical (unpaired) electrons. The minimum Gasteiger partial charge on any atom is -0.330 e. The molecule has 0 bridgehead atoms. The van der Waals surface area contributed by atoms with Crippen LogP contribution in [0.2, 0.25) is 0 Å². The van der Waals surface area contributed by atoms with Gasteiger partial charge in [0.05, 0.1) is 6.04 Å². The van der Waals surface area contributed by atoms with E-state index in [1.807, 2.05) is 89.8 Å². The predicted molar refractivity (Wildman–Crippen MR) is 131 cm³/mol.